The zero-order chi connectivity index (χ0) is 7.21. The first-order chi connectivity index (χ1) is 3.41. The van der Waals surface area contributed by atoms with Gasteiger partial charge in [0, 0.05) is 0 Å². The van der Waals surface area contributed by atoms with Crippen LogP contribution >= 0.6 is 0 Å². The van der Waals surface area contributed by atoms with Crippen LogP contribution in [0, 0.1) is 0 Å². The minimum absolute atomic E-state index is 0.500. The Hall–Kier alpha value is 0.144. The Bertz CT molecular complexity index is 71.8. The molecule has 0 heterocycles. The van der Waals surface area contributed by atoms with Gasteiger partial charge in [-0.3, -0.25) is 0 Å². The van der Waals surface area contributed by atoms with Crippen molar-refractivity contribution in [2.75, 3.05) is 0 Å². The molecular weight excluding hydrogens is 147 g/mol. The fraction of sp³-hybridized carbons (Fsp3) is 1.00. The molecule has 0 aliphatic rings. The van der Waals surface area contributed by atoms with Crippen molar-refractivity contribution in [3.63, 3.8) is 0 Å². The third-order valence-electron chi connectivity index (χ3n) is 0. The van der Waals surface area contributed by atoms with Crippen molar-refractivity contribution in [2.24, 2.45) is 0 Å². The first kappa shape index (κ1) is 11.0. The van der Waals surface area contributed by atoms with Gasteiger partial charge in [0.2, 0.25) is 0 Å². The van der Waals surface area contributed by atoms with Gasteiger partial charge in [-0.1, -0.05) is 0 Å². The maximum atomic E-state index is 8.52. The molecule has 0 atom stereocenters. The first-order valence-electron chi connectivity index (χ1n) is 2.09. The van der Waals surface area contributed by atoms with Crippen molar-refractivity contribution in [2.45, 2.75) is 26.4 Å². The molecule has 0 aliphatic heterocycles. The SMILES string of the molecule is CC(C)(C)O.[O]=[V]=[O]. The van der Waals surface area contributed by atoms with Crippen LogP contribution in [-0.2, 0) is 23.5 Å². The molecule has 3 nitrogen and oxygen atoms in total. The summed E-state index contributed by atoms with van der Waals surface area (Å²) in [4.78, 5) is 0. The molecular formula is C4H10O3V. The molecule has 0 saturated carbocycles. The van der Waals surface area contributed by atoms with Crippen molar-refractivity contribution in [3.8, 4) is 0 Å². The van der Waals surface area contributed by atoms with Gasteiger partial charge in [0.25, 0.3) is 0 Å². The molecule has 0 amide bonds. The van der Waals surface area contributed by atoms with Gasteiger partial charge in [-0.15, -0.1) is 0 Å². The standard InChI is InChI=1S/C4H10O.2O.V/c1-4(2,3)5;;;/h5H,1-3H3;;;. The van der Waals surface area contributed by atoms with Crippen molar-refractivity contribution < 1.29 is 28.6 Å². The molecule has 0 saturated heterocycles. The molecule has 0 bridgehead atoms. The van der Waals surface area contributed by atoms with Crippen LogP contribution < -0.4 is 0 Å². The Balaban J connectivity index is 0. The molecule has 4 heteroatoms. The third-order valence-corrected chi connectivity index (χ3v) is 0. The van der Waals surface area contributed by atoms with Crippen LogP contribution in [0.4, 0.5) is 0 Å². The second-order valence-electron chi connectivity index (χ2n) is 2.25. The van der Waals surface area contributed by atoms with Crippen LogP contribution in [0.5, 0.6) is 0 Å². The summed E-state index contributed by atoms with van der Waals surface area (Å²) >= 11 is -1.81. The van der Waals surface area contributed by atoms with E-state index in [-0.39, 0.29) is 0 Å². The second kappa shape index (κ2) is 5.28. The molecule has 0 aromatic carbocycles. The van der Waals surface area contributed by atoms with Crippen LogP contribution in [0.2, 0.25) is 0 Å². The van der Waals surface area contributed by atoms with E-state index in [4.69, 9.17) is 12.5 Å². The monoisotopic (exact) mass is 157 g/mol. The zero-order valence-electron chi connectivity index (χ0n) is 5.21. The Kier molecular flexibility index (Phi) is 7.27. The Labute approximate surface area is 55.6 Å². The third kappa shape index (κ3) is 7800. The van der Waals surface area contributed by atoms with Crippen LogP contribution in [0.1, 0.15) is 20.8 Å². The van der Waals surface area contributed by atoms with E-state index in [1.807, 2.05) is 0 Å². The maximum absolute atomic E-state index is 8.52. The van der Waals surface area contributed by atoms with E-state index in [0.717, 1.165) is 0 Å². The van der Waals surface area contributed by atoms with Gasteiger partial charge in [0.05, 0.1) is 5.60 Å². The van der Waals surface area contributed by atoms with Crippen molar-refractivity contribution in [1.29, 1.82) is 0 Å². The average Bonchev–Trinajstić information content (AvgIpc) is 1.27. The van der Waals surface area contributed by atoms with Gasteiger partial charge in [-0.2, -0.15) is 0 Å². The number of hydrogen-bond donors (Lipinski definition) is 1. The quantitative estimate of drug-likeness (QED) is 0.558. The minimum atomic E-state index is -1.81. The van der Waals surface area contributed by atoms with Gasteiger partial charge >= 0.3 is 23.5 Å². The number of rotatable bonds is 0. The Morgan fingerprint density at radius 1 is 1.25 bits per heavy atom. The number of aliphatic hydroxyl groups is 1. The summed E-state index contributed by atoms with van der Waals surface area (Å²) in [6.45, 7) is 5.23. The predicted molar refractivity (Wildman–Crippen MR) is 23.3 cm³/mol. The van der Waals surface area contributed by atoms with Crippen molar-refractivity contribution in [3.05, 3.63) is 0 Å². The molecule has 0 radical (unpaired) electrons. The van der Waals surface area contributed by atoms with Gasteiger partial charge < -0.3 is 5.11 Å². The van der Waals surface area contributed by atoms with E-state index in [9.17, 15) is 0 Å². The van der Waals surface area contributed by atoms with E-state index in [2.05, 4.69) is 0 Å². The molecule has 0 fully saturated rings. The fourth-order valence-corrected chi connectivity index (χ4v) is 0. The predicted octanol–water partition coefficient (Wildman–Crippen LogP) is 0.537. The van der Waals surface area contributed by atoms with Gasteiger partial charge in [0.1, 0.15) is 0 Å². The fourth-order valence-electron chi connectivity index (χ4n) is 0. The van der Waals surface area contributed by atoms with Gasteiger partial charge in [0.15, 0.2) is 0 Å². The second-order valence-corrected chi connectivity index (χ2v) is 2.48. The van der Waals surface area contributed by atoms with E-state index in [1.165, 1.54) is 0 Å². The van der Waals surface area contributed by atoms with Crippen molar-refractivity contribution in [1.82, 2.24) is 0 Å². The summed E-state index contributed by atoms with van der Waals surface area (Å²) in [5.41, 5.74) is -0.500. The summed E-state index contributed by atoms with van der Waals surface area (Å²) in [5, 5.41) is 8.52. The van der Waals surface area contributed by atoms with Gasteiger partial charge in [-0.25, -0.2) is 0 Å². The summed E-state index contributed by atoms with van der Waals surface area (Å²) in [6.07, 6.45) is 0. The van der Waals surface area contributed by atoms with Crippen LogP contribution in [0.25, 0.3) is 0 Å². The van der Waals surface area contributed by atoms with Crippen LogP contribution in [-0.4, -0.2) is 10.7 Å². The molecule has 0 aromatic rings. The van der Waals surface area contributed by atoms with Gasteiger partial charge in [-0.05, 0) is 20.8 Å². The summed E-state index contributed by atoms with van der Waals surface area (Å²) < 4.78 is 16.9. The average molecular weight is 157 g/mol. The molecule has 0 aromatic heterocycles. The zero-order valence-corrected chi connectivity index (χ0v) is 6.61. The molecule has 0 spiro atoms. The number of hydrogen-bond acceptors (Lipinski definition) is 3. The molecule has 49 valence electrons. The van der Waals surface area contributed by atoms with E-state index >= 15 is 0 Å². The normalized spacial score (nSPS) is 8.50. The van der Waals surface area contributed by atoms with E-state index < -0.39 is 21.8 Å². The molecule has 1 N–H and O–H groups in total. The Morgan fingerprint density at radius 2 is 1.25 bits per heavy atom. The van der Waals surface area contributed by atoms with E-state index in [1.54, 1.807) is 20.8 Å². The molecule has 8 heavy (non-hydrogen) atoms. The topological polar surface area (TPSA) is 54.4 Å². The first-order valence-corrected chi connectivity index (χ1v) is 3.23. The van der Waals surface area contributed by atoms with Crippen LogP contribution in [0.3, 0.4) is 0 Å². The molecule has 0 aliphatic carbocycles. The summed E-state index contributed by atoms with van der Waals surface area (Å²) in [6, 6.07) is 0. The van der Waals surface area contributed by atoms with E-state index in [0.29, 0.717) is 0 Å². The molecule has 0 unspecified atom stereocenters. The summed E-state index contributed by atoms with van der Waals surface area (Å²) in [5.74, 6) is 0. The van der Waals surface area contributed by atoms with Crippen molar-refractivity contribution >= 4 is 0 Å². The summed E-state index contributed by atoms with van der Waals surface area (Å²) in [7, 11) is 0. The molecule has 0 rings (SSSR count). The Morgan fingerprint density at radius 3 is 1.25 bits per heavy atom. The van der Waals surface area contributed by atoms with Crippen LogP contribution in [0.15, 0.2) is 0 Å².